The number of aryl methyl sites for hydroxylation is 2. The van der Waals surface area contributed by atoms with Gasteiger partial charge in [-0.25, -0.2) is 0 Å². The Bertz CT molecular complexity index is 679. The van der Waals surface area contributed by atoms with Gasteiger partial charge in [0.2, 0.25) is 0 Å². The zero-order valence-corrected chi connectivity index (χ0v) is 12.9. The molecule has 0 amide bonds. The van der Waals surface area contributed by atoms with Crippen molar-refractivity contribution in [3.05, 3.63) is 57.4 Å². The van der Waals surface area contributed by atoms with Crippen LogP contribution in [0.4, 0.5) is 5.69 Å². The molecule has 0 bridgehead atoms. The highest BCUT2D eigenvalue weighted by molar-refractivity contribution is 5.42. The van der Waals surface area contributed by atoms with Crippen LogP contribution in [0.1, 0.15) is 23.6 Å². The normalized spacial score (nSPS) is 13.8. The van der Waals surface area contributed by atoms with Gasteiger partial charge in [0.15, 0.2) is 0 Å². The summed E-state index contributed by atoms with van der Waals surface area (Å²) < 4.78 is 1.63. The van der Waals surface area contributed by atoms with Crippen LogP contribution >= 0.6 is 0 Å². The first-order chi connectivity index (χ1) is 10.3. The van der Waals surface area contributed by atoms with Crippen molar-refractivity contribution in [2.75, 3.05) is 6.54 Å². The van der Waals surface area contributed by atoms with E-state index in [9.17, 15) is 15.2 Å². The minimum atomic E-state index is -1.05. The van der Waals surface area contributed by atoms with Gasteiger partial charge >= 0.3 is 0 Å². The van der Waals surface area contributed by atoms with Gasteiger partial charge in [-0.05, 0) is 19.4 Å². The molecule has 0 radical (unpaired) electrons. The summed E-state index contributed by atoms with van der Waals surface area (Å²) in [7, 11) is 1.79. The van der Waals surface area contributed by atoms with Gasteiger partial charge in [-0.1, -0.05) is 12.1 Å². The van der Waals surface area contributed by atoms with Crippen molar-refractivity contribution in [3.8, 4) is 0 Å². The van der Waals surface area contributed by atoms with Crippen molar-refractivity contribution < 1.29 is 10.0 Å². The molecule has 0 aliphatic rings. The van der Waals surface area contributed by atoms with Crippen molar-refractivity contribution in [2.45, 2.75) is 26.0 Å². The highest BCUT2D eigenvalue weighted by Crippen LogP contribution is 2.21. The first-order valence-electron chi connectivity index (χ1n) is 6.96. The molecule has 2 aromatic rings. The van der Waals surface area contributed by atoms with Gasteiger partial charge in [-0.2, -0.15) is 5.10 Å². The number of hydrogen-bond acceptors (Lipinski definition) is 5. The number of aromatic nitrogens is 2. The molecule has 7 nitrogen and oxygen atoms in total. The summed E-state index contributed by atoms with van der Waals surface area (Å²) in [6.07, 6.45) is 3.39. The highest BCUT2D eigenvalue weighted by atomic mass is 16.6. The maximum absolute atomic E-state index is 10.9. The summed E-state index contributed by atoms with van der Waals surface area (Å²) in [5.41, 5.74) is 1.22. The Labute approximate surface area is 128 Å². The maximum atomic E-state index is 10.9. The van der Waals surface area contributed by atoms with Crippen LogP contribution in [0.15, 0.2) is 30.6 Å². The lowest BCUT2D eigenvalue weighted by Crippen LogP contribution is -2.34. The minimum Gasteiger partial charge on any atom is -0.384 e. The molecule has 2 rings (SSSR count). The molecule has 1 atom stereocenters. The number of rotatable bonds is 6. The van der Waals surface area contributed by atoms with E-state index in [0.717, 1.165) is 11.1 Å². The van der Waals surface area contributed by atoms with Gasteiger partial charge in [-0.3, -0.25) is 14.8 Å². The van der Waals surface area contributed by atoms with Crippen LogP contribution in [0.3, 0.4) is 0 Å². The fourth-order valence-corrected chi connectivity index (χ4v) is 2.21. The first kappa shape index (κ1) is 16.1. The third kappa shape index (κ3) is 3.69. The number of hydrogen-bond donors (Lipinski definition) is 2. The zero-order chi connectivity index (χ0) is 16.3. The van der Waals surface area contributed by atoms with Gasteiger partial charge in [0.25, 0.3) is 5.69 Å². The topological polar surface area (TPSA) is 93.2 Å². The van der Waals surface area contributed by atoms with Crippen molar-refractivity contribution in [1.29, 1.82) is 0 Å². The standard InChI is InChI=1S/C15H20N4O3/c1-11-4-5-12(6-14(11)19(21)22)7-16-10-15(2,20)13-8-17-18(3)9-13/h4-6,8-9,16,20H,7,10H2,1-3H3. The molecule has 118 valence electrons. The number of benzene rings is 1. The van der Waals surface area contributed by atoms with E-state index >= 15 is 0 Å². The molecule has 7 heteroatoms. The van der Waals surface area contributed by atoms with Crippen LogP contribution in [0.5, 0.6) is 0 Å². The van der Waals surface area contributed by atoms with E-state index in [1.165, 1.54) is 0 Å². The summed E-state index contributed by atoms with van der Waals surface area (Å²) in [4.78, 5) is 10.5. The molecule has 0 aliphatic carbocycles. The molecule has 0 spiro atoms. The van der Waals surface area contributed by atoms with Crippen LogP contribution < -0.4 is 5.32 Å². The minimum absolute atomic E-state index is 0.110. The average molecular weight is 304 g/mol. The predicted molar refractivity (Wildman–Crippen MR) is 82.3 cm³/mol. The Morgan fingerprint density at radius 1 is 1.50 bits per heavy atom. The molecule has 0 aliphatic heterocycles. The lowest BCUT2D eigenvalue weighted by Gasteiger charge is -2.22. The van der Waals surface area contributed by atoms with Crippen molar-refractivity contribution in [3.63, 3.8) is 0 Å². The molecule has 0 fully saturated rings. The quantitative estimate of drug-likeness (QED) is 0.625. The van der Waals surface area contributed by atoms with Crippen LogP contribution in [-0.2, 0) is 19.2 Å². The number of nitrogens with zero attached hydrogens (tertiary/aromatic N) is 3. The van der Waals surface area contributed by atoms with Gasteiger partial charge in [0.1, 0.15) is 5.60 Å². The van der Waals surface area contributed by atoms with Crippen molar-refractivity contribution >= 4 is 5.69 Å². The lowest BCUT2D eigenvalue weighted by atomic mass is 9.99. The van der Waals surface area contributed by atoms with E-state index in [0.29, 0.717) is 18.7 Å². The third-order valence-corrected chi connectivity index (χ3v) is 3.60. The van der Waals surface area contributed by atoms with Gasteiger partial charge in [-0.15, -0.1) is 0 Å². The SMILES string of the molecule is Cc1ccc(CNCC(C)(O)c2cnn(C)c2)cc1[N+](=O)[O-]. The molecule has 1 aromatic heterocycles. The molecular formula is C15H20N4O3. The summed E-state index contributed by atoms with van der Waals surface area (Å²) in [5.74, 6) is 0. The lowest BCUT2D eigenvalue weighted by molar-refractivity contribution is -0.385. The van der Waals surface area contributed by atoms with E-state index in [1.54, 1.807) is 50.1 Å². The molecule has 2 N–H and O–H groups in total. The van der Waals surface area contributed by atoms with Gasteiger partial charge < -0.3 is 10.4 Å². The predicted octanol–water partition coefficient (Wildman–Crippen LogP) is 1.63. The van der Waals surface area contributed by atoms with Crippen LogP contribution in [-0.4, -0.2) is 26.4 Å². The van der Waals surface area contributed by atoms with Crippen LogP contribution in [0.2, 0.25) is 0 Å². The van der Waals surface area contributed by atoms with E-state index in [4.69, 9.17) is 0 Å². The zero-order valence-electron chi connectivity index (χ0n) is 12.9. The second-order valence-electron chi connectivity index (χ2n) is 5.66. The third-order valence-electron chi connectivity index (χ3n) is 3.60. The summed E-state index contributed by atoms with van der Waals surface area (Å²) in [6.45, 7) is 4.18. The molecule has 22 heavy (non-hydrogen) atoms. The van der Waals surface area contributed by atoms with E-state index in [-0.39, 0.29) is 10.6 Å². The summed E-state index contributed by atoms with van der Waals surface area (Å²) >= 11 is 0. The Morgan fingerprint density at radius 3 is 2.82 bits per heavy atom. The number of aliphatic hydroxyl groups is 1. The molecule has 0 saturated carbocycles. The maximum Gasteiger partial charge on any atom is 0.272 e. The molecule has 1 heterocycles. The molecule has 0 saturated heterocycles. The van der Waals surface area contributed by atoms with E-state index in [1.807, 2.05) is 6.07 Å². The highest BCUT2D eigenvalue weighted by Gasteiger charge is 2.24. The average Bonchev–Trinajstić information content (AvgIpc) is 2.88. The Kier molecular flexibility index (Phi) is 4.58. The molecule has 1 aromatic carbocycles. The summed E-state index contributed by atoms with van der Waals surface area (Å²) in [5, 5.41) is 28.5. The number of nitro groups is 1. The monoisotopic (exact) mass is 304 g/mol. The Morgan fingerprint density at radius 2 is 2.23 bits per heavy atom. The van der Waals surface area contributed by atoms with E-state index < -0.39 is 5.60 Å². The fourth-order valence-electron chi connectivity index (χ4n) is 2.21. The van der Waals surface area contributed by atoms with Crippen molar-refractivity contribution in [2.24, 2.45) is 7.05 Å². The number of nitro benzene ring substituents is 1. The molecular weight excluding hydrogens is 284 g/mol. The fraction of sp³-hybridized carbons (Fsp3) is 0.400. The van der Waals surface area contributed by atoms with Crippen LogP contribution in [0, 0.1) is 17.0 Å². The molecule has 1 unspecified atom stereocenters. The van der Waals surface area contributed by atoms with Crippen LogP contribution in [0.25, 0.3) is 0 Å². The smallest absolute Gasteiger partial charge is 0.272 e. The second-order valence-corrected chi connectivity index (χ2v) is 5.66. The summed E-state index contributed by atoms with van der Waals surface area (Å²) in [6, 6.07) is 5.13. The second kappa shape index (κ2) is 6.25. The van der Waals surface area contributed by atoms with E-state index in [2.05, 4.69) is 10.4 Å². The Hall–Kier alpha value is -2.25. The first-order valence-corrected chi connectivity index (χ1v) is 6.96. The Balaban J connectivity index is 1.99. The number of nitrogens with one attached hydrogen (secondary N) is 1. The largest absolute Gasteiger partial charge is 0.384 e. The van der Waals surface area contributed by atoms with Gasteiger partial charge in [0, 0.05) is 43.5 Å². The van der Waals surface area contributed by atoms with Gasteiger partial charge in [0.05, 0.1) is 11.1 Å². The van der Waals surface area contributed by atoms with Crippen molar-refractivity contribution in [1.82, 2.24) is 15.1 Å².